The van der Waals surface area contributed by atoms with Gasteiger partial charge < -0.3 is 14.4 Å². The standard InChI is InChI=1S/C25H23BrCl2N2O5S/c1-2-34-20-11-16(9-17(26)23(20)35-14-15-5-6-18(27)19(28)10-15)12-21-24(32)30(25(33)36-21)13-22(31)29-7-3-4-8-29/h5-6,9-12H,2-4,7-8,13-14H2,1H3/b21-12+. The van der Waals surface area contributed by atoms with Gasteiger partial charge in [-0.25, -0.2) is 0 Å². The molecule has 2 aromatic carbocycles. The molecule has 0 spiro atoms. The van der Waals surface area contributed by atoms with Crippen molar-refractivity contribution in [2.24, 2.45) is 0 Å². The van der Waals surface area contributed by atoms with E-state index in [-0.39, 0.29) is 24.0 Å². The predicted molar refractivity (Wildman–Crippen MR) is 145 cm³/mol. The van der Waals surface area contributed by atoms with Gasteiger partial charge >= 0.3 is 0 Å². The van der Waals surface area contributed by atoms with Crippen LogP contribution in [0.2, 0.25) is 10.0 Å². The number of carbonyl (C=O) groups excluding carboxylic acids is 3. The number of rotatable bonds is 8. The zero-order valence-electron chi connectivity index (χ0n) is 19.4. The topological polar surface area (TPSA) is 76.2 Å². The minimum Gasteiger partial charge on any atom is -0.490 e. The second kappa shape index (κ2) is 11.9. The number of thioether (sulfide) groups is 1. The first-order valence-corrected chi connectivity index (χ1v) is 13.7. The van der Waals surface area contributed by atoms with Crippen LogP contribution in [0.15, 0.2) is 39.7 Å². The Bertz CT molecular complexity index is 1230. The van der Waals surface area contributed by atoms with Crippen LogP contribution < -0.4 is 9.47 Å². The van der Waals surface area contributed by atoms with Gasteiger partial charge in [-0.1, -0.05) is 29.3 Å². The van der Waals surface area contributed by atoms with Gasteiger partial charge in [0.2, 0.25) is 5.91 Å². The van der Waals surface area contributed by atoms with Crippen molar-refractivity contribution in [3.8, 4) is 11.5 Å². The Morgan fingerprint density at radius 1 is 1.11 bits per heavy atom. The highest BCUT2D eigenvalue weighted by Gasteiger charge is 2.37. The van der Waals surface area contributed by atoms with Crippen molar-refractivity contribution in [2.45, 2.75) is 26.4 Å². The van der Waals surface area contributed by atoms with E-state index >= 15 is 0 Å². The number of amides is 3. The molecular formula is C25H23BrCl2N2O5S. The summed E-state index contributed by atoms with van der Waals surface area (Å²) in [5, 5.41) is 0.448. The largest absolute Gasteiger partial charge is 0.490 e. The highest BCUT2D eigenvalue weighted by Crippen LogP contribution is 2.40. The molecule has 4 rings (SSSR count). The highest BCUT2D eigenvalue weighted by atomic mass is 79.9. The fourth-order valence-electron chi connectivity index (χ4n) is 3.85. The maximum Gasteiger partial charge on any atom is 0.294 e. The van der Waals surface area contributed by atoms with Crippen molar-refractivity contribution >= 4 is 74.0 Å². The predicted octanol–water partition coefficient (Wildman–Crippen LogP) is 6.39. The zero-order valence-corrected chi connectivity index (χ0v) is 23.3. The molecule has 36 heavy (non-hydrogen) atoms. The molecule has 7 nitrogen and oxygen atoms in total. The first kappa shape index (κ1) is 26.9. The Kier molecular flexibility index (Phi) is 8.87. The summed E-state index contributed by atoms with van der Waals surface area (Å²) >= 11 is 16.4. The Labute approximate surface area is 231 Å². The van der Waals surface area contributed by atoms with Gasteiger partial charge in [0.15, 0.2) is 11.5 Å². The lowest BCUT2D eigenvalue weighted by Crippen LogP contribution is -2.40. The molecule has 3 amide bonds. The summed E-state index contributed by atoms with van der Waals surface area (Å²) in [4.78, 5) is 40.8. The monoisotopic (exact) mass is 612 g/mol. The number of imide groups is 1. The van der Waals surface area contributed by atoms with Crippen molar-refractivity contribution in [2.75, 3.05) is 26.2 Å². The molecule has 2 aromatic rings. The van der Waals surface area contributed by atoms with Crippen LogP contribution in [0.4, 0.5) is 4.79 Å². The van der Waals surface area contributed by atoms with E-state index in [0.717, 1.165) is 35.1 Å². The second-order valence-electron chi connectivity index (χ2n) is 8.16. The lowest BCUT2D eigenvalue weighted by atomic mass is 10.1. The van der Waals surface area contributed by atoms with Crippen LogP contribution in [-0.2, 0) is 16.2 Å². The number of carbonyl (C=O) groups is 3. The van der Waals surface area contributed by atoms with Gasteiger partial charge in [-0.2, -0.15) is 0 Å². The summed E-state index contributed by atoms with van der Waals surface area (Å²) in [7, 11) is 0. The van der Waals surface area contributed by atoms with Crippen LogP contribution in [-0.4, -0.2) is 53.1 Å². The first-order chi connectivity index (χ1) is 17.3. The number of ether oxygens (including phenoxy) is 2. The SMILES string of the molecule is CCOc1cc(/C=C2/SC(=O)N(CC(=O)N3CCCC3)C2=O)cc(Br)c1OCc1ccc(Cl)c(Cl)c1. The number of benzene rings is 2. The van der Waals surface area contributed by atoms with Crippen molar-refractivity contribution in [3.05, 3.63) is 60.9 Å². The van der Waals surface area contributed by atoms with E-state index in [1.54, 1.807) is 35.2 Å². The molecule has 0 aromatic heterocycles. The maximum absolute atomic E-state index is 12.9. The summed E-state index contributed by atoms with van der Waals surface area (Å²) in [5.74, 6) is 0.276. The third kappa shape index (κ3) is 6.19. The van der Waals surface area contributed by atoms with E-state index in [1.807, 2.05) is 13.0 Å². The van der Waals surface area contributed by atoms with E-state index < -0.39 is 11.1 Å². The number of likely N-dealkylation sites (tertiary alicyclic amines) is 1. The van der Waals surface area contributed by atoms with Gasteiger partial charge in [-0.3, -0.25) is 19.3 Å². The molecule has 0 saturated carbocycles. The van der Waals surface area contributed by atoms with Crippen molar-refractivity contribution in [3.63, 3.8) is 0 Å². The van der Waals surface area contributed by atoms with Crippen molar-refractivity contribution in [1.82, 2.24) is 9.80 Å². The molecule has 2 saturated heterocycles. The smallest absolute Gasteiger partial charge is 0.294 e. The van der Waals surface area contributed by atoms with E-state index in [0.29, 0.717) is 51.3 Å². The average Bonchev–Trinajstić information content (AvgIpc) is 3.46. The van der Waals surface area contributed by atoms with Crippen molar-refractivity contribution < 1.29 is 23.9 Å². The molecule has 2 aliphatic heterocycles. The Morgan fingerprint density at radius 2 is 1.86 bits per heavy atom. The number of nitrogens with zero attached hydrogens (tertiary/aromatic N) is 2. The lowest BCUT2D eigenvalue weighted by Gasteiger charge is -2.18. The van der Waals surface area contributed by atoms with Gasteiger partial charge in [0.25, 0.3) is 11.1 Å². The number of hydrogen-bond donors (Lipinski definition) is 0. The van der Waals surface area contributed by atoms with Crippen LogP contribution in [0, 0.1) is 0 Å². The Morgan fingerprint density at radius 3 is 2.56 bits per heavy atom. The molecule has 0 unspecified atom stereocenters. The molecular weight excluding hydrogens is 591 g/mol. The molecule has 2 heterocycles. The van der Waals surface area contributed by atoms with Crippen molar-refractivity contribution in [1.29, 1.82) is 0 Å². The minimum absolute atomic E-state index is 0.207. The minimum atomic E-state index is -0.480. The third-order valence-corrected chi connectivity index (χ3v) is 7.86. The summed E-state index contributed by atoms with van der Waals surface area (Å²) < 4.78 is 12.4. The first-order valence-electron chi connectivity index (χ1n) is 11.3. The van der Waals surface area contributed by atoms with Crippen LogP contribution in [0.3, 0.4) is 0 Å². The quantitative estimate of drug-likeness (QED) is 0.321. The van der Waals surface area contributed by atoms with E-state index in [1.165, 1.54) is 0 Å². The molecule has 0 radical (unpaired) electrons. The van der Waals surface area contributed by atoms with Gasteiger partial charge in [0, 0.05) is 13.1 Å². The molecule has 0 bridgehead atoms. The van der Waals surface area contributed by atoms with E-state index in [9.17, 15) is 14.4 Å². The summed E-state index contributed by atoms with van der Waals surface area (Å²) in [6.07, 6.45) is 3.50. The van der Waals surface area contributed by atoms with Crippen LogP contribution in [0.5, 0.6) is 11.5 Å². The second-order valence-corrected chi connectivity index (χ2v) is 10.8. The van der Waals surface area contributed by atoms with Crippen LogP contribution in [0.25, 0.3) is 6.08 Å². The molecule has 2 fully saturated rings. The Hall–Kier alpha value is -2.20. The van der Waals surface area contributed by atoms with Gasteiger partial charge in [-0.15, -0.1) is 0 Å². The number of hydrogen-bond acceptors (Lipinski definition) is 6. The van der Waals surface area contributed by atoms with Gasteiger partial charge in [0.05, 0.1) is 26.0 Å². The third-order valence-electron chi connectivity index (χ3n) is 5.62. The number of halogens is 3. The molecule has 2 aliphatic rings. The molecule has 190 valence electrons. The molecule has 0 atom stereocenters. The maximum atomic E-state index is 12.9. The van der Waals surface area contributed by atoms with Gasteiger partial charge in [-0.05, 0) is 88.9 Å². The zero-order chi connectivity index (χ0) is 25.8. The average molecular weight is 614 g/mol. The van der Waals surface area contributed by atoms with Crippen LogP contribution >= 0.6 is 50.9 Å². The van der Waals surface area contributed by atoms with E-state index in [4.69, 9.17) is 32.7 Å². The van der Waals surface area contributed by atoms with Crippen LogP contribution in [0.1, 0.15) is 30.9 Å². The Balaban J connectivity index is 1.51. The van der Waals surface area contributed by atoms with E-state index in [2.05, 4.69) is 15.9 Å². The lowest BCUT2D eigenvalue weighted by molar-refractivity contribution is -0.135. The summed E-state index contributed by atoms with van der Waals surface area (Å²) in [6.45, 7) is 3.58. The summed E-state index contributed by atoms with van der Waals surface area (Å²) in [6, 6.07) is 8.77. The molecule has 0 N–H and O–H groups in total. The summed E-state index contributed by atoms with van der Waals surface area (Å²) in [5.41, 5.74) is 1.48. The normalized spacial score (nSPS) is 16.8. The molecule has 0 aliphatic carbocycles. The fourth-order valence-corrected chi connectivity index (χ4v) is 5.58. The molecule has 11 heteroatoms. The van der Waals surface area contributed by atoms with Gasteiger partial charge in [0.1, 0.15) is 13.2 Å². The highest BCUT2D eigenvalue weighted by molar-refractivity contribution is 9.10. The fraction of sp³-hybridized carbons (Fsp3) is 0.320.